The number of rotatable bonds is 4. The average Bonchev–Trinajstić information content (AvgIpc) is 2.38. The van der Waals surface area contributed by atoms with E-state index in [1.54, 1.807) is 7.11 Å². The van der Waals surface area contributed by atoms with Gasteiger partial charge >= 0.3 is 0 Å². The summed E-state index contributed by atoms with van der Waals surface area (Å²) in [6.45, 7) is 5.03. The molecule has 4 heteroatoms. The van der Waals surface area contributed by atoms with E-state index in [4.69, 9.17) is 4.74 Å². The van der Waals surface area contributed by atoms with Gasteiger partial charge in [-0.05, 0) is 25.0 Å². The molecule has 1 saturated heterocycles. The number of hydrogen-bond acceptors (Lipinski definition) is 2. The Balaban J connectivity index is 1.86. The van der Waals surface area contributed by atoms with Crippen molar-refractivity contribution in [3.05, 3.63) is 24.3 Å². The van der Waals surface area contributed by atoms with E-state index in [-0.39, 0.29) is 5.91 Å². The number of anilines is 1. The number of piperidine rings is 1. The van der Waals surface area contributed by atoms with Gasteiger partial charge in [-0.2, -0.15) is 0 Å². The molecule has 0 spiro atoms. The molecule has 1 aromatic carbocycles. The fourth-order valence-corrected chi connectivity index (χ4v) is 2.69. The highest BCUT2D eigenvalue weighted by atomic mass is 16.5. The van der Waals surface area contributed by atoms with Crippen molar-refractivity contribution in [1.29, 1.82) is 0 Å². The van der Waals surface area contributed by atoms with Crippen molar-refractivity contribution in [3.63, 3.8) is 0 Å². The summed E-state index contributed by atoms with van der Waals surface area (Å²) in [6.07, 6.45) is 2.52. The van der Waals surface area contributed by atoms with Gasteiger partial charge in [0.05, 0.1) is 20.2 Å². The van der Waals surface area contributed by atoms with Crippen molar-refractivity contribution in [1.82, 2.24) is 0 Å². The number of carbonyl (C=O) groups excluding carboxylic acids is 1. The van der Waals surface area contributed by atoms with Gasteiger partial charge < -0.3 is 15.0 Å². The molecule has 104 valence electrons. The molecule has 0 radical (unpaired) electrons. The molecule has 1 aliphatic rings. The number of likely N-dealkylation sites (tertiary alicyclic amines) is 1. The molecule has 4 nitrogen and oxygen atoms in total. The summed E-state index contributed by atoms with van der Waals surface area (Å²) in [5.41, 5.74) is 0.800. The first-order valence-corrected chi connectivity index (χ1v) is 6.95. The second-order valence-electron chi connectivity index (χ2n) is 5.41. The maximum atomic E-state index is 12.0. The van der Waals surface area contributed by atoms with Crippen molar-refractivity contribution in [2.24, 2.45) is 5.92 Å². The second kappa shape index (κ2) is 6.57. The lowest BCUT2D eigenvalue weighted by atomic mass is 10.0. The van der Waals surface area contributed by atoms with Crippen LogP contribution in [-0.2, 0) is 4.79 Å². The third kappa shape index (κ3) is 4.24. The molecule has 0 saturated carbocycles. The molecule has 2 rings (SSSR count). The van der Waals surface area contributed by atoms with E-state index < -0.39 is 0 Å². The standard InChI is InChI=1S/C15H22N2O2/c1-12-5-4-8-17(10-12)11-15(18)16-13-6-3-7-14(9-13)19-2/h3,6-7,9,12H,4-5,8,10-11H2,1-2H3,(H,16,18)/p+1/t12-/m1/s1. The molecule has 1 heterocycles. The van der Waals surface area contributed by atoms with Crippen LogP contribution in [0, 0.1) is 5.92 Å². The van der Waals surface area contributed by atoms with Crippen LogP contribution in [0.4, 0.5) is 5.69 Å². The summed E-state index contributed by atoms with van der Waals surface area (Å²) in [6, 6.07) is 7.47. The Morgan fingerprint density at radius 1 is 1.53 bits per heavy atom. The van der Waals surface area contributed by atoms with Crippen molar-refractivity contribution in [2.75, 3.05) is 32.1 Å². The van der Waals surface area contributed by atoms with Gasteiger partial charge in [-0.1, -0.05) is 13.0 Å². The topological polar surface area (TPSA) is 42.8 Å². The zero-order valence-corrected chi connectivity index (χ0v) is 11.7. The number of benzene rings is 1. The molecule has 0 aliphatic carbocycles. The Kier molecular flexibility index (Phi) is 4.80. The third-order valence-corrected chi connectivity index (χ3v) is 3.63. The van der Waals surface area contributed by atoms with Crippen LogP contribution in [-0.4, -0.2) is 32.7 Å². The van der Waals surface area contributed by atoms with Crippen LogP contribution in [0.25, 0.3) is 0 Å². The molecule has 0 bridgehead atoms. The number of amides is 1. The Hall–Kier alpha value is -1.55. The average molecular weight is 263 g/mol. The van der Waals surface area contributed by atoms with Gasteiger partial charge in [0.2, 0.25) is 0 Å². The summed E-state index contributed by atoms with van der Waals surface area (Å²) in [5, 5.41) is 2.94. The Labute approximate surface area is 114 Å². The summed E-state index contributed by atoms with van der Waals surface area (Å²) < 4.78 is 5.14. The van der Waals surface area contributed by atoms with E-state index in [9.17, 15) is 4.79 Å². The SMILES string of the molecule is COc1cccc(NC(=O)C[NH+]2CCC[C@@H](C)C2)c1. The van der Waals surface area contributed by atoms with E-state index >= 15 is 0 Å². The van der Waals surface area contributed by atoms with Crippen LogP contribution in [0.5, 0.6) is 5.75 Å². The van der Waals surface area contributed by atoms with Crippen LogP contribution in [0.1, 0.15) is 19.8 Å². The van der Waals surface area contributed by atoms with Crippen LogP contribution in [0.2, 0.25) is 0 Å². The Morgan fingerprint density at radius 3 is 3.11 bits per heavy atom. The lowest BCUT2D eigenvalue weighted by Crippen LogP contribution is -3.14. The summed E-state index contributed by atoms with van der Waals surface area (Å²) >= 11 is 0. The number of nitrogens with one attached hydrogen (secondary N) is 2. The molecule has 1 fully saturated rings. The van der Waals surface area contributed by atoms with Crippen LogP contribution in [0.15, 0.2) is 24.3 Å². The van der Waals surface area contributed by atoms with E-state index in [1.165, 1.54) is 17.7 Å². The molecular weight excluding hydrogens is 240 g/mol. The van der Waals surface area contributed by atoms with E-state index in [2.05, 4.69) is 12.2 Å². The van der Waals surface area contributed by atoms with Crippen LogP contribution >= 0.6 is 0 Å². The molecule has 19 heavy (non-hydrogen) atoms. The summed E-state index contributed by atoms with van der Waals surface area (Å²) in [7, 11) is 1.63. The first-order chi connectivity index (χ1) is 9.17. The monoisotopic (exact) mass is 263 g/mol. The van der Waals surface area contributed by atoms with Crippen LogP contribution in [0.3, 0.4) is 0 Å². The highest BCUT2D eigenvalue weighted by Gasteiger charge is 2.21. The highest BCUT2D eigenvalue weighted by molar-refractivity contribution is 5.91. The lowest BCUT2D eigenvalue weighted by molar-refractivity contribution is -0.900. The van der Waals surface area contributed by atoms with Gasteiger partial charge in [-0.3, -0.25) is 4.79 Å². The minimum absolute atomic E-state index is 0.0809. The third-order valence-electron chi connectivity index (χ3n) is 3.63. The summed E-state index contributed by atoms with van der Waals surface area (Å²) in [4.78, 5) is 13.4. The van der Waals surface area contributed by atoms with E-state index in [0.717, 1.165) is 30.4 Å². The predicted octanol–water partition coefficient (Wildman–Crippen LogP) is 0.948. The quantitative estimate of drug-likeness (QED) is 0.849. The molecule has 1 aliphatic heterocycles. The van der Waals surface area contributed by atoms with Crippen molar-refractivity contribution < 1.29 is 14.4 Å². The maximum absolute atomic E-state index is 12.0. The van der Waals surface area contributed by atoms with Gasteiger partial charge in [0, 0.05) is 17.7 Å². The molecule has 1 unspecified atom stereocenters. The number of carbonyl (C=O) groups is 1. The van der Waals surface area contributed by atoms with E-state index in [0.29, 0.717) is 6.54 Å². The van der Waals surface area contributed by atoms with Crippen molar-refractivity contribution >= 4 is 11.6 Å². The zero-order chi connectivity index (χ0) is 13.7. The smallest absolute Gasteiger partial charge is 0.279 e. The second-order valence-corrected chi connectivity index (χ2v) is 5.41. The molecule has 2 atom stereocenters. The number of quaternary nitrogens is 1. The molecule has 0 aromatic heterocycles. The Morgan fingerprint density at radius 2 is 2.37 bits per heavy atom. The van der Waals surface area contributed by atoms with Crippen molar-refractivity contribution in [2.45, 2.75) is 19.8 Å². The van der Waals surface area contributed by atoms with Gasteiger partial charge in [-0.15, -0.1) is 0 Å². The fourth-order valence-electron chi connectivity index (χ4n) is 2.69. The maximum Gasteiger partial charge on any atom is 0.279 e. The number of methoxy groups -OCH3 is 1. The van der Waals surface area contributed by atoms with E-state index in [1.807, 2.05) is 24.3 Å². The minimum Gasteiger partial charge on any atom is -0.497 e. The van der Waals surface area contributed by atoms with Gasteiger partial charge in [0.1, 0.15) is 5.75 Å². The first-order valence-electron chi connectivity index (χ1n) is 6.95. The van der Waals surface area contributed by atoms with Crippen LogP contribution < -0.4 is 15.0 Å². The molecule has 1 amide bonds. The first kappa shape index (κ1) is 13.9. The van der Waals surface area contributed by atoms with Gasteiger partial charge in [0.15, 0.2) is 6.54 Å². The summed E-state index contributed by atoms with van der Waals surface area (Å²) in [5.74, 6) is 1.57. The molecule has 1 aromatic rings. The predicted molar refractivity (Wildman–Crippen MR) is 75.6 cm³/mol. The lowest BCUT2D eigenvalue weighted by Gasteiger charge is -2.27. The zero-order valence-electron chi connectivity index (χ0n) is 11.7. The number of ether oxygens (including phenoxy) is 1. The molecular formula is C15H23N2O2+. The van der Waals surface area contributed by atoms with Gasteiger partial charge in [0.25, 0.3) is 5.91 Å². The normalized spacial score (nSPS) is 22.8. The number of hydrogen-bond donors (Lipinski definition) is 2. The van der Waals surface area contributed by atoms with Crippen molar-refractivity contribution in [3.8, 4) is 5.75 Å². The highest BCUT2D eigenvalue weighted by Crippen LogP contribution is 2.16. The Bertz CT molecular complexity index is 434. The van der Waals surface area contributed by atoms with Gasteiger partial charge in [-0.25, -0.2) is 0 Å². The minimum atomic E-state index is 0.0809. The molecule has 2 N–H and O–H groups in total. The largest absolute Gasteiger partial charge is 0.497 e. The fraction of sp³-hybridized carbons (Fsp3) is 0.533.